The molecule has 0 spiro atoms. The van der Waals surface area contributed by atoms with Crippen LogP contribution in [0.3, 0.4) is 0 Å². The van der Waals surface area contributed by atoms with Gasteiger partial charge in [-0.1, -0.05) is 0 Å². The van der Waals surface area contributed by atoms with Crippen LogP contribution in [0.5, 0.6) is 0 Å². The third kappa shape index (κ3) is 2.93. The van der Waals surface area contributed by atoms with E-state index in [0.29, 0.717) is 18.8 Å². The first-order valence-corrected chi connectivity index (χ1v) is 5.43. The topological polar surface area (TPSA) is 74.9 Å². The summed E-state index contributed by atoms with van der Waals surface area (Å²) >= 11 is 0. The molecular formula is C11H13N3O3. The summed E-state index contributed by atoms with van der Waals surface area (Å²) in [5, 5.41) is 3.64. The van der Waals surface area contributed by atoms with Crippen LogP contribution >= 0.6 is 0 Å². The monoisotopic (exact) mass is 235 g/mol. The predicted molar refractivity (Wildman–Crippen MR) is 60.3 cm³/mol. The van der Waals surface area contributed by atoms with Gasteiger partial charge < -0.3 is 9.32 Å². The van der Waals surface area contributed by atoms with E-state index in [4.69, 9.17) is 4.42 Å². The molecule has 0 aliphatic carbocycles. The highest BCUT2D eigenvalue weighted by molar-refractivity contribution is 6.35. The number of rotatable bonds is 2. The SMILES string of the molecule is O=C(NN=Cc1ccco1)C(=O)N1CCCC1. The van der Waals surface area contributed by atoms with Gasteiger partial charge in [-0.2, -0.15) is 5.10 Å². The fourth-order valence-electron chi connectivity index (χ4n) is 1.63. The fraction of sp³-hybridized carbons (Fsp3) is 0.364. The van der Waals surface area contributed by atoms with E-state index in [1.54, 1.807) is 12.1 Å². The Morgan fingerprint density at radius 3 is 2.82 bits per heavy atom. The van der Waals surface area contributed by atoms with Crippen molar-refractivity contribution in [1.82, 2.24) is 10.3 Å². The summed E-state index contributed by atoms with van der Waals surface area (Å²) in [7, 11) is 0. The van der Waals surface area contributed by atoms with Gasteiger partial charge in [0, 0.05) is 13.1 Å². The molecule has 1 aromatic rings. The summed E-state index contributed by atoms with van der Waals surface area (Å²) in [6.45, 7) is 1.29. The average molecular weight is 235 g/mol. The summed E-state index contributed by atoms with van der Waals surface area (Å²) in [5.41, 5.74) is 2.18. The molecule has 0 atom stereocenters. The summed E-state index contributed by atoms with van der Waals surface area (Å²) in [5.74, 6) is -0.729. The van der Waals surface area contributed by atoms with Crippen LogP contribution < -0.4 is 5.43 Å². The molecule has 1 fully saturated rings. The molecule has 0 aromatic carbocycles. The Kier molecular flexibility index (Phi) is 3.54. The summed E-state index contributed by atoms with van der Waals surface area (Å²) < 4.78 is 4.98. The molecule has 6 nitrogen and oxygen atoms in total. The van der Waals surface area contributed by atoms with Gasteiger partial charge in [-0.05, 0) is 25.0 Å². The Morgan fingerprint density at radius 1 is 1.41 bits per heavy atom. The third-order valence-electron chi connectivity index (χ3n) is 2.49. The molecule has 2 amide bonds. The first-order chi connectivity index (χ1) is 8.27. The summed E-state index contributed by atoms with van der Waals surface area (Å²) in [4.78, 5) is 24.5. The molecule has 1 aliphatic heterocycles. The van der Waals surface area contributed by atoms with E-state index in [1.165, 1.54) is 17.4 Å². The maximum Gasteiger partial charge on any atom is 0.329 e. The van der Waals surface area contributed by atoms with Crippen LogP contribution in [-0.4, -0.2) is 36.0 Å². The van der Waals surface area contributed by atoms with Crippen LogP contribution in [0.1, 0.15) is 18.6 Å². The number of amides is 2. The normalized spacial score (nSPS) is 15.4. The van der Waals surface area contributed by atoms with Crippen molar-refractivity contribution in [2.45, 2.75) is 12.8 Å². The van der Waals surface area contributed by atoms with Crippen molar-refractivity contribution >= 4 is 18.0 Å². The lowest BCUT2D eigenvalue weighted by molar-refractivity contribution is -0.145. The molecule has 0 radical (unpaired) electrons. The minimum Gasteiger partial charge on any atom is -0.463 e. The summed E-state index contributed by atoms with van der Waals surface area (Å²) in [6.07, 6.45) is 4.75. The zero-order valence-electron chi connectivity index (χ0n) is 9.26. The first kappa shape index (κ1) is 11.4. The Labute approximate surface area is 98.3 Å². The zero-order chi connectivity index (χ0) is 12.1. The maximum atomic E-state index is 11.6. The molecule has 0 saturated carbocycles. The Bertz CT molecular complexity index is 419. The highest BCUT2D eigenvalue weighted by Crippen LogP contribution is 2.07. The van der Waals surface area contributed by atoms with Crippen LogP contribution in [0, 0.1) is 0 Å². The number of likely N-dealkylation sites (tertiary alicyclic amines) is 1. The smallest absolute Gasteiger partial charge is 0.329 e. The maximum absolute atomic E-state index is 11.6. The van der Waals surface area contributed by atoms with E-state index in [-0.39, 0.29) is 0 Å². The molecule has 1 saturated heterocycles. The van der Waals surface area contributed by atoms with Gasteiger partial charge in [-0.25, -0.2) is 5.43 Å². The van der Waals surface area contributed by atoms with Crippen LogP contribution in [0.2, 0.25) is 0 Å². The summed E-state index contributed by atoms with van der Waals surface area (Å²) in [6, 6.07) is 3.40. The second kappa shape index (κ2) is 5.29. The number of carbonyl (C=O) groups excluding carboxylic acids is 2. The second-order valence-electron chi connectivity index (χ2n) is 3.71. The van der Waals surface area contributed by atoms with Crippen molar-refractivity contribution in [2.24, 2.45) is 5.10 Å². The highest BCUT2D eigenvalue weighted by atomic mass is 16.3. The van der Waals surface area contributed by atoms with Crippen molar-refractivity contribution in [3.05, 3.63) is 24.2 Å². The Hall–Kier alpha value is -2.11. The number of hydrazone groups is 1. The molecule has 1 N–H and O–H groups in total. The predicted octanol–water partition coefficient (Wildman–Crippen LogP) is 0.352. The third-order valence-corrected chi connectivity index (χ3v) is 2.49. The van der Waals surface area contributed by atoms with Crippen molar-refractivity contribution in [1.29, 1.82) is 0 Å². The molecule has 6 heteroatoms. The molecule has 1 aliphatic rings. The van der Waals surface area contributed by atoms with Crippen LogP contribution in [0.15, 0.2) is 27.9 Å². The molecule has 0 unspecified atom stereocenters. The van der Waals surface area contributed by atoms with Crippen LogP contribution in [-0.2, 0) is 9.59 Å². The van der Waals surface area contributed by atoms with E-state index in [0.717, 1.165) is 12.8 Å². The molecule has 0 bridgehead atoms. The number of hydrogen-bond acceptors (Lipinski definition) is 4. The Morgan fingerprint density at radius 2 is 2.18 bits per heavy atom. The minimum absolute atomic E-state index is 0.513. The number of hydrogen-bond donors (Lipinski definition) is 1. The van der Waals surface area contributed by atoms with Crippen molar-refractivity contribution < 1.29 is 14.0 Å². The number of carbonyl (C=O) groups is 2. The average Bonchev–Trinajstić information content (AvgIpc) is 3.00. The van der Waals surface area contributed by atoms with E-state index >= 15 is 0 Å². The van der Waals surface area contributed by atoms with Crippen molar-refractivity contribution in [3.63, 3.8) is 0 Å². The minimum atomic E-state index is -0.713. The standard InChI is InChI=1S/C11H13N3O3/c15-10(11(16)14-5-1-2-6-14)13-12-8-9-4-3-7-17-9/h3-4,7-8H,1-2,5-6H2,(H,13,15). The molecular weight excluding hydrogens is 222 g/mol. The fourth-order valence-corrected chi connectivity index (χ4v) is 1.63. The largest absolute Gasteiger partial charge is 0.463 e. The van der Waals surface area contributed by atoms with Crippen molar-refractivity contribution in [3.8, 4) is 0 Å². The second-order valence-corrected chi connectivity index (χ2v) is 3.71. The van der Waals surface area contributed by atoms with E-state index in [2.05, 4.69) is 10.5 Å². The number of nitrogens with one attached hydrogen (secondary N) is 1. The van der Waals surface area contributed by atoms with Gasteiger partial charge in [0.25, 0.3) is 0 Å². The van der Waals surface area contributed by atoms with Gasteiger partial charge >= 0.3 is 11.8 Å². The van der Waals surface area contributed by atoms with Gasteiger partial charge in [0.1, 0.15) is 5.76 Å². The Balaban J connectivity index is 1.82. The highest BCUT2D eigenvalue weighted by Gasteiger charge is 2.23. The lowest BCUT2D eigenvalue weighted by Crippen LogP contribution is -2.39. The molecule has 2 heterocycles. The lowest BCUT2D eigenvalue weighted by Gasteiger charge is -2.12. The number of furan rings is 1. The zero-order valence-corrected chi connectivity index (χ0v) is 9.26. The quantitative estimate of drug-likeness (QED) is 0.456. The van der Waals surface area contributed by atoms with Crippen molar-refractivity contribution in [2.75, 3.05) is 13.1 Å². The number of nitrogens with zero attached hydrogens (tertiary/aromatic N) is 2. The van der Waals surface area contributed by atoms with Gasteiger partial charge in [-0.15, -0.1) is 0 Å². The molecule has 1 aromatic heterocycles. The van der Waals surface area contributed by atoms with Gasteiger partial charge in [0.2, 0.25) is 0 Å². The molecule has 17 heavy (non-hydrogen) atoms. The molecule has 90 valence electrons. The van der Waals surface area contributed by atoms with E-state index in [9.17, 15) is 9.59 Å². The molecule has 2 rings (SSSR count). The first-order valence-electron chi connectivity index (χ1n) is 5.43. The van der Waals surface area contributed by atoms with E-state index in [1.807, 2.05) is 0 Å². The lowest BCUT2D eigenvalue weighted by atomic mass is 10.4. The van der Waals surface area contributed by atoms with Crippen LogP contribution in [0.4, 0.5) is 0 Å². The van der Waals surface area contributed by atoms with Crippen LogP contribution in [0.25, 0.3) is 0 Å². The van der Waals surface area contributed by atoms with Gasteiger partial charge in [0.05, 0.1) is 12.5 Å². The van der Waals surface area contributed by atoms with Gasteiger partial charge in [-0.3, -0.25) is 9.59 Å². The van der Waals surface area contributed by atoms with Gasteiger partial charge in [0.15, 0.2) is 0 Å². The van der Waals surface area contributed by atoms with E-state index < -0.39 is 11.8 Å².